The fraction of sp³-hybridized carbons (Fsp3) is 0.167. The molecule has 0 fully saturated rings. The molecule has 5 nitrogen and oxygen atoms in total. The first-order valence-electron chi connectivity index (χ1n) is 5.33. The van der Waals surface area contributed by atoms with E-state index >= 15 is 0 Å². The smallest absolute Gasteiger partial charge is 0.337 e. The Balaban J connectivity index is 2.08. The highest BCUT2D eigenvalue weighted by Crippen LogP contribution is 2.22. The number of carbonyl (C=O) groups excluding carboxylic acids is 1. The van der Waals surface area contributed by atoms with Crippen LogP contribution in [0.25, 0.3) is 0 Å². The summed E-state index contributed by atoms with van der Waals surface area (Å²) in [7, 11) is 1.36. The number of nitrogens with one attached hydrogen (secondary N) is 1. The Bertz CT molecular complexity index is 537. The zero-order chi connectivity index (χ0) is 13.0. The molecule has 0 atom stereocenters. The average Bonchev–Trinajstić information content (AvgIpc) is 2.86. The summed E-state index contributed by atoms with van der Waals surface area (Å²) in [6, 6.07) is 7.00. The molecule has 0 saturated heterocycles. The number of methoxy groups -OCH3 is 1. The molecule has 2 aromatic rings. The second-order valence-electron chi connectivity index (χ2n) is 3.53. The topological polar surface area (TPSA) is 77.2 Å². The standard InChI is InChI=1S/C12H13N3O2S/c1-17-11(16)8-2-4-9(5-3-8)15-12-14-7-10(6-13)18-12/h2-5,7H,6,13H2,1H3,(H,14,15). The normalized spacial score (nSPS) is 10.1. The van der Waals surface area contributed by atoms with Crippen LogP contribution < -0.4 is 11.1 Å². The van der Waals surface area contributed by atoms with Gasteiger partial charge in [0.15, 0.2) is 5.13 Å². The van der Waals surface area contributed by atoms with E-state index in [0.717, 1.165) is 15.7 Å². The molecule has 0 radical (unpaired) electrons. The lowest BCUT2D eigenvalue weighted by molar-refractivity contribution is 0.0601. The molecule has 6 heteroatoms. The molecule has 3 N–H and O–H groups in total. The number of thiazole rings is 1. The predicted molar refractivity (Wildman–Crippen MR) is 71.1 cm³/mol. The number of aromatic nitrogens is 1. The molecule has 94 valence electrons. The monoisotopic (exact) mass is 263 g/mol. The number of hydrogen-bond acceptors (Lipinski definition) is 6. The number of carbonyl (C=O) groups is 1. The van der Waals surface area contributed by atoms with Gasteiger partial charge in [0, 0.05) is 23.3 Å². The lowest BCUT2D eigenvalue weighted by atomic mass is 10.2. The van der Waals surface area contributed by atoms with Crippen LogP contribution in [0.2, 0.25) is 0 Å². The number of benzene rings is 1. The van der Waals surface area contributed by atoms with Crippen LogP contribution in [0.15, 0.2) is 30.5 Å². The lowest BCUT2D eigenvalue weighted by Crippen LogP contribution is -2.00. The summed E-state index contributed by atoms with van der Waals surface area (Å²) in [5.74, 6) is -0.346. The largest absolute Gasteiger partial charge is 0.465 e. The van der Waals surface area contributed by atoms with E-state index < -0.39 is 0 Å². The van der Waals surface area contributed by atoms with Gasteiger partial charge in [0.2, 0.25) is 0 Å². The summed E-state index contributed by atoms with van der Waals surface area (Å²) in [4.78, 5) is 16.5. The van der Waals surface area contributed by atoms with Gasteiger partial charge in [-0.2, -0.15) is 0 Å². The van der Waals surface area contributed by atoms with Crippen molar-refractivity contribution in [3.63, 3.8) is 0 Å². The minimum atomic E-state index is -0.346. The number of anilines is 2. The Morgan fingerprint density at radius 2 is 2.17 bits per heavy atom. The van der Waals surface area contributed by atoms with Gasteiger partial charge in [-0.3, -0.25) is 0 Å². The second-order valence-corrected chi connectivity index (χ2v) is 4.64. The maximum absolute atomic E-state index is 11.3. The molecule has 0 aliphatic carbocycles. The van der Waals surface area contributed by atoms with E-state index in [1.54, 1.807) is 30.5 Å². The first-order valence-corrected chi connectivity index (χ1v) is 6.14. The van der Waals surface area contributed by atoms with Crippen molar-refractivity contribution in [1.82, 2.24) is 4.98 Å². The molecule has 1 aromatic heterocycles. The summed E-state index contributed by atoms with van der Waals surface area (Å²) in [5, 5.41) is 3.92. The van der Waals surface area contributed by atoms with Gasteiger partial charge in [0.05, 0.1) is 12.7 Å². The number of esters is 1. The highest BCUT2D eigenvalue weighted by atomic mass is 32.1. The third-order valence-corrected chi connectivity index (χ3v) is 3.25. The van der Waals surface area contributed by atoms with Gasteiger partial charge in [-0.05, 0) is 24.3 Å². The Labute approximate surface area is 109 Å². The third kappa shape index (κ3) is 2.85. The van der Waals surface area contributed by atoms with E-state index in [2.05, 4.69) is 15.0 Å². The minimum absolute atomic E-state index is 0.346. The number of rotatable bonds is 4. The maximum atomic E-state index is 11.3. The molecule has 0 aliphatic rings. The van der Waals surface area contributed by atoms with Crippen LogP contribution in [0.3, 0.4) is 0 Å². The fourth-order valence-electron chi connectivity index (χ4n) is 1.39. The SMILES string of the molecule is COC(=O)c1ccc(Nc2ncc(CN)s2)cc1. The van der Waals surface area contributed by atoms with Gasteiger partial charge >= 0.3 is 5.97 Å². The second kappa shape index (κ2) is 5.61. The van der Waals surface area contributed by atoms with Gasteiger partial charge in [0.25, 0.3) is 0 Å². The molecule has 0 spiro atoms. The van der Waals surface area contributed by atoms with Gasteiger partial charge in [-0.15, -0.1) is 11.3 Å². The highest BCUT2D eigenvalue weighted by molar-refractivity contribution is 7.15. The van der Waals surface area contributed by atoms with Crippen molar-refractivity contribution >= 4 is 28.1 Å². The van der Waals surface area contributed by atoms with Crippen LogP contribution in [0.4, 0.5) is 10.8 Å². The van der Waals surface area contributed by atoms with E-state index in [-0.39, 0.29) is 5.97 Å². The van der Waals surface area contributed by atoms with Crippen molar-refractivity contribution in [2.24, 2.45) is 5.73 Å². The molecule has 18 heavy (non-hydrogen) atoms. The predicted octanol–water partition coefficient (Wildman–Crippen LogP) is 2.13. The molecule has 0 saturated carbocycles. The number of ether oxygens (including phenoxy) is 1. The molecular formula is C12H13N3O2S. The zero-order valence-electron chi connectivity index (χ0n) is 9.84. The molecule has 0 unspecified atom stereocenters. The van der Waals surface area contributed by atoms with E-state index in [1.165, 1.54) is 18.4 Å². The molecule has 0 amide bonds. The Morgan fingerprint density at radius 1 is 1.44 bits per heavy atom. The zero-order valence-corrected chi connectivity index (χ0v) is 10.7. The quantitative estimate of drug-likeness (QED) is 0.826. The molecule has 1 heterocycles. The molecule has 1 aromatic carbocycles. The van der Waals surface area contributed by atoms with Gasteiger partial charge < -0.3 is 15.8 Å². The van der Waals surface area contributed by atoms with Crippen molar-refractivity contribution in [2.45, 2.75) is 6.54 Å². The average molecular weight is 263 g/mol. The summed E-state index contributed by atoms with van der Waals surface area (Å²) < 4.78 is 4.63. The number of nitrogens with zero attached hydrogens (tertiary/aromatic N) is 1. The summed E-state index contributed by atoms with van der Waals surface area (Å²) >= 11 is 1.50. The van der Waals surface area contributed by atoms with Crippen LogP contribution >= 0.6 is 11.3 Å². The molecular weight excluding hydrogens is 250 g/mol. The van der Waals surface area contributed by atoms with E-state index in [4.69, 9.17) is 5.73 Å². The first-order chi connectivity index (χ1) is 8.72. The van der Waals surface area contributed by atoms with Crippen LogP contribution in [0.5, 0.6) is 0 Å². The van der Waals surface area contributed by atoms with Crippen LogP contribution in [0, 0.1) is 0 Å². The van der Waals surface area contributed by atoms with Crippen LogP contribution in [0.1, 0.15) is 15.2 Å². The van der Waals surface area contributed by atoms with E-state index in [0.29, 0.717) is 12.1 Å². The molecule has 2 rings (SSSR count). The lowest BCUT2D eigenvalue weighted by Gasteiger charge is -2.03. The Kier molecular flexibility index (Phi) is 3.91. The van der Waals surface area contributed by atoms with Crippen LogP contribution in [-0.4, -0.2) is 18.1 Å². The summed E-state index contributed by atoms with van der Waals surface area (Å²) in [6.45, 7) is 0.487. The van der Waals surface area contributed by atoms with Gasteiger partial charge in [0.1, 0.15) is 0 Å². The summed E-state index contributed by atoms with van der Waals surface area (Å²) in [6.07, 6.45) is 1.75. The van der Waals surface area contributed by atoms with Gasteiger partial charge in [-0.25, -0.2) is 9.78 Å². The Morgan fingerprint density at radius 3 is 2.72 bits per heavy atom. The maximum Gasteiger partial charge on any atom is 0.337 e. The van der Waals surface area contributed by atoms with Gasteiger partial charge in [-0.1, -0.05) is 0 Å². The van der Waals surface area contributed by atoms with Crippen LogP contribution in [-0.2, 0) is 11.3 Å². The first kappa shape index (κ1) is 12.5. The minimum Gasteiger partial charge on any atom is -0.465 e. The van der Waals surface area contributed by atoms with Crippen molar-refractivity contribution in [2.75, 3.05) is 12.4 Å². The van der Waals surface area contributed by atoms with Crippen molar-refractivity contribution in [3.05, 3.63) is 40.9 Å². The Hall–Kier alpha value is -1.92. The summed E-state index contributed by atoms with van der Waals surface area (Å²) in [5.41, 5.74) is 6.90. The molecule has 0 bridgehead atoms. The van der Waals surface area contributed by atoms with Crippen molar-refractivity contribution in [1.29, 1.82) is 0 Å². The fourth-order valence-corrected chi connectivity index (χ4v) is 2.10. The number of nitrogens with two attached hydrogens (primary N) is 1. The highest BCUT2D eigenvalue weighted by Gasteiger charge is 2.05. The van der Waals surface area contributed by atoms with Crippen molar-refractivity contribution < 1.29 is 9.53 Å². The van der Waals surface area contributed by atoms with Crippen molar-refractivity contribution in [3.8, 4) is 0 Å². The molecule has 0 aliphatic heterocycles. The number of hydrogen-bond donors (Lipinski definition) is 2. The third-order valence-electron chi connectivity index (χ3n) is 2.31. The van der Waals surface area contributed by atoms with E-state index in [9.17, 15) is 4.79 Å². The van der Waals surface area contributed by atoms with E-state index in [1.807, 2.05) is 0 Å².